The zero-order valence-corrected chi connectivity index (χ0v) is 22.6. The minimum atomic E-state index is -1.10. The van der Waals surface area contributed by atoms with Gasteiger partial charge in [0.05, 0.1) is 24.2 Å². The maximum atomic E-state index is 13.4. The number of hydrogen-bond acceptors (Lipinski definition) is 6. The number of carbonyl (C=O) groups excluding carboxylic acids is 1. The van der Waals surface area contributed by atoms with Crippen LogP contribution in [0.1, 0.15) is 50.2 Å². The van der Waals surface area contributed by atoms with Crippen LogP contribution >= 0.6 is 0 Å². The largest absolute Gasteiger partial charge is 0.388 e. The van der Waals surface area contributed by atoms with E-state index in [1.165, 1.54) is 10.9 Å². The molecular formula is C30H36N6O3. The number of fused-ring (bicyclic) bond motifs is 1. The standard InChI is InChI=1S/C30H36N6O3/c1-3-36-28(24-11-9-22(18-31)10-12-24)26-27(33-36)29(38)35(20-32-26)19-30(39)13-15-34(16-14-30)25(37)17-21(2)23-7-5-4-6-8-23/h4-12,20-21,39H,3,13-19,31H2,1-2H3/t21-/m1/s1. The molecule has 204 valence electrons. The summed E-state index contributed by atoms with van der Waals surface area (Å²) in [6.45, 7) is 6.09. The Bertz CT molecular complexity index is 1500. The highest BCUT2D eigenvalue weighted by molar-refractivity contribution is 5.89. The van der Waals surface area contributed by atoms with Crippen LogP contribution in [0.4, 0.5) is 0 Å². The summed E-state index contributed by atoms with van der Waals surface area (Å²) in [4.78, 5) is 32.8. The number of amides is 1. The van der Waals surface area contributed by atoms with Gasteiger partial charge in [0.15, 0.2) is 5.52 Å². The maximum Gasteiger partial charge on any atom is 0.281 e. The Hall–Kier alpha value is -3.82. The first-order valence-electron chi connectivity index (χ1n) is 13.6. The van der Waals surface area contributed by atoms with Gasteiger partial charge in [-0.15, -0.1) is 0 Å². The van der Waals surface area contributed by atoms with Crippen LogP contribution in [0.3, 0.4) is 0 Å². The molecule has 2 aromatic heterocycles. The Balaban J connectivity index is 1.30. The smallest absolute Gasteiger partial charge is 0.281 e. The molecule has 1 atom stereocenters. The predicted octanol–water partition coefficient (Wildman–Crippen LogP) is 3.29. The van der Waals surface area contributed by atoms with Crippen LogP contribution in [-0.4, -0.2) is 53.9 Å². The summed E-state index contributed by atoms with van der Waals surface area (Å²) >= 11 is 0. The van der Waals surface area contributed by atoms with E-state index in [4.69, 9.17) is 5.73 Å². The lowest BCUT2D eigenvalue weighted by molar-refractivity contribution is -0.136. The van der Waals surface area contributed by atoms with Gasteiger partial charge in [-0.1, -0.05) is 61.5 Å². The molecule has 9 nitrogen and oxygen atoms in total. The number of hydrogen-bond donors (Lipinski definition) is 2. The Kier molecular flexibility index (Phi) is 7.63. The van der Waals surface area contributed by atoms with Crippen molar-refractivity contribution in [3.05, 3.63) is 82.4 Å². The van der Waals surface area contributed by atoms with Crippen molar-refractivity contribution >= 4 is 16.9 Å². The van der Waals surface area contributed by atoms with Gasteiger partial charge in [0.25, 0.3) is 5.56 Å². The SMILES string of the molecule is CCn1nc2c(=O)n(CC3(O)CCN(C(=O)C[C@@H](C)c4ccccc4)CC3)cnc2c1-c1ccc(CN)cc1. The summed E-state index contributed by atoms with van der Waals surface area (Å²) < 4.78 is 3.24. The van der Waals surface area contributed by atoms with Crippen LogP contribution in [0.2, 0.25) is 0 Å². The molecule has 9 heteroatoms. The third-order valence-electron chi connectivity index (χ3n) is 7.84. The van der Waals surface area contributed by atoms with E-state index in [9.17, 15) is 14.7 Å². The van der Waals surface area contributed by atoms with E-state index in [0.717, 1.165) is 22.4 Å². The van der Waals surface area contributed by atoms with Crippen molar-refractivity contribution in [1.29, 1.82) is 0 Å². The molecule has 0 radical (unpaired) electrons. The van der Waals surface area contributed by atoms with Gasteiger partial charge in [-0.3, -0.25) is 18.8 Å². The number of aromatic nitrogens is 4. The summed E-state index contributed by atoms with van der Waals surface area (Å²) in [7, 11) is 0. The van der Waals surface area contributed by atoms with Gasteiger partial charge in [0, 0.05) is 38.2 Å². The van der Waals surface area contributed by atoms with Crippen LogP contribution in [0.15, 0.2) is 65.7 Å². The zero-order chi connectivity index (χ0) is 27.6. The molecule has 3 heterocycles. The Morgan fingerprint density at radius 1 is 1.08 bits per heavy atom. The topological polar surface area (TPSA) is 119 Å². The van der Waals surface area contributed by atoms with E-state index in [1.54, 1.807) is 4.68 Å². The highest BCUT2D eigenvalue weighted by atomic mass is 16.3. The fraction of sp³-hybridized carbons (Fsp3) is 0.400. The molecule has 39 heavy (non-hydrogen) atoms. The minimum Gasteiger partial charge on any atom is -0.388 e. The zero-order valence-electron chi connectivity index (χ0n) is 22.6. The first-order chi connectivity index (χ1) is 18.8. The molecular weight excluding hydrogens is 492 g/mol. The number of carbonyl (C=O) groups is 1. The molecule has 0 aliphatic carbocycles. The van der Waals surface area contributed by atoms with Gasteiger partial charge in [0.2, 0.25) is 5.91 Å². The summed E-state index contributed by atoms with van der Waals surface area (Å²) in [6, 6.07) is 17.9. The number of nitrogens with two attached hydrogens (primary N) is 1. The van der Waals surface area contributed by atoms with Crippen molar-refractivity contribution in [3.8, 4) is 11.3 Å². The number of nitrogens with zero attached hydrogens (tertiary/aromatic N) is 5. The molecule has 1 amide bonds. The van der Waals surface area contributed by atoms with Gasteiger partial charge < -0.3 is 15.7 Å². The molecule has 1 aliphatic heterocycles. The Morgan fingerprint density at radius 3 is 2.41 bits per heavy atom. The van der Waals surface area contributed by atoms with Gasteiger partial charge in [-0.05, 0) is 36.8 Å². The van der Waals surface area contributed by atoms with Crippen molar-refractivity contribution in [1.82, 2.24) is 24.2 Å². The first-order valence-corrected chi connectivity index (χ1v) is 13.6. The van der Waals surface area contributed by atoms with Crippen molar-refractivity contribution in [2.75, 3.05) is 13.1 Å². The normalized spacial score (nSPS) is 15.9. The summed E-state index contributed by atoms with van der Waals surface area (Å²) in [6.07, 6.45) is 2.72. The molecule has 2 aromatic carbocycles. The minimum absolute atomic E-state index is 0.0887. The van der Waals surface area contributed by atoms with Crippen molar-refractivity contribution < 1.29 is 9.90 Å². The number of aliphatic hydroxyl groups is 1. The monoisotopic (exact) mass is 528 g/mol. The third-order valence-corrected chi connectivity index (χ3v) is 7.84. The van der Waals surface area contributed by atoms with E-state index in [1.807, 2.05) is 66.4 Å². The fourth-order valence-electron chi connectivity index (χ4n) is 5.40. The van der Waals surface area contributed by atoms with Crippen LogP contribution < -0.4 is 11.3 Å². The highest BCUT2D eigenvalue weighted by Gasteiger charge is 2.35. The number of aryl methyl sites for hydroxylation is 1. The maximum absolute atomic E-state index is 13.4. The number of rotatable bonds is 8. The second-order valence-corrected chi connectivity index (χ2v) is 10.6. The van der Waals surface area contributed by atoms with Gasteiger partial charge in [-0.2, -0.15) is 5.10 Å². The Morgan fingerprint density at radius 2 is 1.77 bits per heavy atom. The van der Waals surface area contributed by atoms with Gasteiger partial charge >= 0.3 is 0 Å². The predicted molar refractivity (Wildman–Crippen MR) is 151 cm³/mol. The van der Waals surface area contributed by atoms with E-state index in [-0.39, 0.29) is 29.4 Å². The van der Waals surface area contributed by atoms with E-state index in [0.29, 0.717) is 51.0 Å². The molecule has 0 bridgehead atoms. The molecule has 1 fully saturated rings. The second-order valence-electron chi connectivity index (χ2n) is 10.6. The Labute approximate surface area is 227 Å². The molecule has 1 saturated heterocycles. The van der Waals surface area contributed by atoms with Gasteiger partial charge in [0.1, 0.15) is 5.52 Å². The van der Waals surface area contributed by atoms with E-state index >= 15 is 0 Å². The lowest BCUT2D eigenvalue weighted by atomic mass is 9.90. The lowest BCUT2D eigenvalue weighted by Gasteiger charge is -2.38. The van der Waals surface area contributed by atoms with Crippen molar-refractivity contribution in [2.24, 2.45) is 5.73 Å². The first kappa shape index (κ1) is 26.8. The van der Waals surface area contributed by atoms with Crippen molar-refractivity contribution in [3.63, 3.8) is 0 Å². The van der Waals surface area contributed by atoms with Crippen LogP contribution in [0.25, 0.3) is 22.3 Å². The van der Waals surface area contributed by atoms with Crippen LogP contribution in [0.5, 0.6) is 0 Å². The fourth-order valence-corrected chi connectivity index (χ4v) is 5.40. The molecule has 3 N–H and O–H groups in total. The molecule has 0 unspecified atom stereocenters. The van der Waals surface area contributed by atoms with E-state index in [2.05, 4.69) is 17.0 Å². The van der Waals surface area contributed by atoms with Crippen LogP contribution in [0, 0.1) is 0 Å². The van der Waals surface area contributed by atoms with Crippen molar-refractivity contribution in [2.45, 2.75) is 64.3 Å². The third kappa shape index (κ3) is 5.51. The molecule has 0 spiro atoms. The van der Waals surface area contributed by atoms with E-state index < -0.39 is 5.60 Å². The lowest BCUT2D eigenvalue weighted by Crippen LogP contribution is -2.49. The molecule has 4 aromatic rings. The highest BCUT2D eigenvalue weighted by Crippen LogP contribution is 2.28. The molecule has 5 rings (SSSR count). The summed E-state index contributed by atoms with van der Waals surface area (Å²) in [5.74, 6) is 0.216. The summed E-state index contributed by atoms with van der Waals surface area (Å²) in [5, 5.41) is 15.9. The molecule has 1 aliphatic rings. The average molecular weight is 529 g/mol. The summed E-state index contributed by atoms with van der Waals surface area (Å²) in [5.41, 5.74) is 9.04. The van der Waals surface area contributed by atoms with Crippen LogP contribution in [-0.2, 0) is 24.4 Å². The number of likely N-dealkylation sites (tertiary alicyclic amines) is 1. The number of piperidine rings is 1. The van der Waals surface area contributed by atoms with Gasteiger partial charge in [-0.25, -0.2) is 4.98 Å². The average Bonchev–Trinajstić information content (AvgIpc) is 3.35. The number of benzene rings is 2. The quantitative estimate of drug-likeness (QED) is 0.362. The second kappa shape index (κ2) is 11.1. The molecule has 0 saturated carbocycles.